The van der Waals surface area contributed by atoms with Crippen LogP contribution in [0.25, 0.3) is 66.1 Å². The molecular formula is C53H43NO. The summed E-state index contributed by atoms with van der Waals surface area (Å²) in [7, 11) is 0. The van der Waals surface area contributed by atoms with E-state index >= 15 is 0 Å². The van der Waals surface area contributed by atoms with Crippen LogP contribution in [0.15, 0.2) is 174 Å². The van der Waals surface area contributed by atoms with Crippen molar-refractivity contribution in [2.45, 2.75) is 45.4 Å². The van der Waals surface area contributed by atoms with Gasteiger partial charge in [0.25, 0.3) is 0 Å². The molecule has 0 N–H and O–H groups in total. The molecule has 9 aromatic rings. The molecule has 2 heteroatoms. The van der Waals surface area contributed by atoms with Crippen molar-refractivity contribution in [1.82, 2.24) is 0 Å². The third-order valence-electron chi connectivity index (χ3n) is 11.9. The fourth-order valence-corrected chi connectivity index (χ4v) is 8.94. The van der Waals surface area contributed by atoms with Crippen molar-refractivity contribution in [3.05, 3.63) is 187 Å². The molecule has 0 unspecified atom stereocenters. The van der Waals surface area contributed by atoms with Crippen molar-refractivity contribution < 1.29 is 4.42 Å². The van der Waals surface area contributed by atoms with Crippen molar-refractivity contribution in [3.63, 3.8) is 0 Å². The van der Waals surface area contributed by atoms with Crippen molar-refractivity contribution in [2.24, 2.45) is 0 Å². The van der Waals surface area contributed by atoms with Crippen LogP contribution in [0.1, 0.15) is 51.3 Å². The Kier molecular flexibility index (Phi) is 7.44. The van der Waals surface area contributed by atoms with Gasteiger partial charge in [0.1, 0.15) is 11.2 Å². The third kappa shape index (κ3) is 5.31. The number of hydrogen-bond donors (Lipinski definition) is 0. The van der Waals surface area contributed by atoms with Crippen molar-refractivity contribution in [3.8, 4) is 33.4 Å². The first-order valence-electron chi connectivity index (χ1n) is 19.3. The van der Waals surface area contributed by atoms with Crippen LogP contribution in [0.3, 0.4) is 0 Å². The van der Waals surface area contributed by atoms with Gasteiger partial charge >= 0.3 is 0 Å². The van der Waals surface area contributed by atoms with Gasteiger partial charge in [-0.15, -0.1) is 0 Å². The minimum atomic E-state index is -0.135. The van der Waals surface area contributed by atoms with Gasteiger partial charge in [-0.2, -0.15) is 0 Å². The van der Waals surface area contributed by atoms with Crippen molar-refractivity contribution in [1.29, 1.82) is 0 Å². The normalized spacial score (nSPS) is 13.3. The zero-order valence-electron chi connectivity index (χ0n) is 32.0. The summed E-state index contributed by atoms with van der Waals surface area (Å²) in [5.74, 6) is 0. The summed E-state index contributed by atoms with van der Waals surface area (Å²) in [6, 6.07) is 62.3. The molecule has 0 fully saturated rings. The fraction of sp³-hybridized carbons (Fsp3) is 0.132. The Balaban J connectivity index is 1.22. The van der Waals surface area contributed by atoms with Crippen molar-refractivity contribution >= 4 is 49.8 Å². The van der Waals surface area contributed by atoms with Crippen LogP contribution in [0.4, 0.5) is 17.1 Å². The molecule has 0 radical (unpaired) electrons. The standard InChI is InChI=1S/C53H43NO/c1-52(2,3)37-26-21-34(22-27-37)35-23-28-38(29-24-35)54(39-30-31-42-41-15-8-10-18-45(41)53(4,5)46(42)33-39)47-32-25-36-13-6-7-14-40(36)50(47)44-17-12-20-49-51(44)43-16-9-11-19-48(43)55-49/h6-33H,1-5H3. The molecule has 1 heterocycles. The molecule has 0 saturated carbocycles. The van der Waals surface area contributed by atoms with E-state index in [2.05, 4.69) is 203 Å². The minimum Gasteiger partial charge on any atom is -0.456 e. The van der Waals surface area contributed by atoms with Gasteiger partial charge in [0.2, 0.25) is 0 Å². The highest BCUT2D eigenvalue weighted by atomic mass is 16.3. The maximum Gasteiger partial charge on any atom is 0.136 e. The number of benzene rings is 8. The van der Waals surface area contributed by atoms with Crippen molar-refractivity contribution in [2.75, 3.05) is 4.90 Å². The molecule has 2 nitrogen and oxygen atoms in total. The zero-order valence-corrected chi connectivity index (χ0v) is 32.0. The molecule has 1 aromatic heterocycles. The predicted octanol–water partition coefficient (Wildman–Crippen LogP) is 15.1. The molecule has 0 aliphatic heterocycles. The number of para-hydroxylation sites is 1. The molecule has 55 heavy (non-hydrogen) atoms. The van der Waals surface area contributed by atoms with E-state index in [4.69, 9.17) is 4.42 Å². The van der Waals surface area contributed by atoms with Gasteiger partial charge in [0.15, 0.2) is 0 Å². The van der Waals surface area contributed by atoms with Gasteiger partial charge < -0.3 is 9.32 Å². The summed E-state index contributed by atoms with van der Waals surface area (Å²) in [6.07, 6.45) is 0. The molecule has 266 valence electrons. The van der Waals surface area contributed by atoms with E-state index in [0.29, 0.717) is 0 Å². The SMILES string of the molecule is CC(C)(C)c1ccc(-c2ccc(N(c3ccc4c(c3)C(C)(C)c3ccccc3-4)c3ccc4ccccc4c3-c3cccc4oc5ccccc5c34)cc2)cc1. The first-order chi connectivity index (χ1) is 26.7. The number of fused-ring (bicyclic) bond motifs is 7. The molecule has 1 aliphatic rings. The first-order valence-corrected chi connectivity index (χ1v) is 19.3. The Morgan fingerprint density at radius 3 is 1.89 bits per heavy atom. The molecule has 0 spiro atoms. The van der Waals surface area contributed by atoms with Gasteiger partial charge in [0.05, 0.1) is 5.69 Å². The van der Waals surface area contributed by atoms with Crippen LogP contribution in [0.2, 0.25) is 0 Å². The Bertz CT molecular complexity index is 2920. The summed E-state index contributed by atoms with van der Waals surface area (Å²) in [6.45, 7) is 11.5. The average Bonchev–Trinajstić information content (AvgIpc) is 3.70. The molecule has 0 bridgehead atoms. The lowest BCUT2D eigenvalue weighted by molar-refractivity contribution is 0.590. The van der Waals surface area contributed by atoms with Crippen LogP contribution < -0.4 is 4.90 Å². The summed E-state index contributed by atoms with van der Waals surface area (Å²) in [5.41, 5.74) is 16.6. The number of furan rings is 1. The summed E-state index contributed by atoms with van der Waals surface area (Å²) in [4.78, 5) is 2.47. The Morgan fingerprint density at radius 1 is 0.491 bits per heavy atom. The largest absolute Gasteiger partial charge is 0.456 e. The third-order valence-corrected chi connectivity index (χ3v) is 11.9. The lowest BCUT2D eigenvalue weighted by Gasteiger charge is -2.30. The van der Waals surface area contributed by atoms with E-state index in [9.17, 15) is 0 Å². The zero-order chi connectivity index (χ0) is 37.5. The summed E-state index contributed by atoms with van der Waals surface area (Å²) < 4.78 is 6.47. The van der Waals surface area contributed by atoms with Crippen LogP contribution in [-0.2, 0) is 10.8 Å². The second kappa shape index (κ2) is 12.3. The van der Waals surface area contributed by atoms with Gasteiger partial charge in [-0.05, 0) is 103 Å². The predicted molar refractivity (Wildman–Crippen MR) is 233 cm³/mol. The molecule has 0 amide bonds. The van der Waals surface area contributed by atoms with E-state index in [-0.39, 0.29) is 10.8 Å². The van der Waals surface area contributed by atoms with Gasteiger partial charge in [0, 0.05) is 33.1 Å². The smallest absolute Gasteiger partial charge is 0.136 e. The fourth-order valence-electron chi connectivity index (χ4n) is 8.94. The Hall–Kier alpha value is -6.38. The average molecular weight is 710 g/mol. The minimum absolute atomic E-state index is 0.110. The van der Waals surface area contributed by atoms with E-state index in [1.54, 1.807) is 0 Å². The molecule has 0 saturated heterocycles. The molecule has 0 atom stereocenters. The number of nitrogens with zero attached hydrogens (tertiary/aromatic N) is 1. The monoisotopic (exact) mass is 709 g/mol. The number of hydrogen-bond acceptors (Lipinski definition) is 2. The second-order valence-corrected chi connectivity index (χ2v) is 16.6. The second-order valence-electron chi connectivity index (χ2n) is 16.6. The van der Waals surface area contributed by atoms with Crippen LogP contribution in [-0.4, -0.2) is 0 Å². The molecule has 1 aliphatic carbocycles. The van der Waals surface area contributed by atoms with Crippen LogP contribution in [0, 0.1) is 0 Å². The van der Waals surface area contributed by atoms with Crippen LogP contribution in [0.5, 0.6) is 0 Å². The van der Waals surface area contributed by atoms with E-state index in [0.717, 1.165) is 44.6 Å². The van der Waals surface area contributed by atoms with E-state index < -0.39 is 0 Å². The summed E-state index contributed by atoms with van der Waals surface area (Å²) in [5, 5.41) is 4.66. The van der Waals surface area contributed by atoms with Crippen LogP contribution >= 0.6 is 0 Å². The Morgan fingerprint density at radius 2 is 1.11 bits per heavy atom. The highest BCUT2D eigenvalue weighted by Crippen LogP contribution is 2.52. The molecular weight excluding hydrogens is 667 g/mol. The quantitative estimate of drug-likeness (QED) is 0.177. The lowest BCUT2D eigenvalue weighted by atomic mass is 9.82. The van der Waals surface area contributed by atoms with E-state index in [1.165, 1.54) is 55.3 Å². The summed E-state index contributed by atoms with van der Waals surface area (Å²) >= 11 is 0. The maximum atomic E-state index is 6.47. The Labute approximate surface area is 323 Å². The van der Waals surface area contributed by atoms with Gasteiger partial charge in [-0.3, -0.25) is 0 Å². The molecule has 8 aromatic carbocycles. The number of anilines is 3. The highest BCUT2D eigenvalue weighted by Gasteiger charge is 2.36. The first kappa shape index (κ1) is 33.2. The lowest BCUT2D eigenvalue weighted by Crippen LogP contribution is -2.17. The van der Waals surface area contributed by atoms with E-state index in [1.807, 2.05) is 6.07 Å². The van der Waals surface area contributed by atoms with Gasteiger partial charge in [-0.1, -0.05) is 162 Å². The highest BCUT2D eigenvalue weighted by molar-refractivity contribution is 6.18. The topological polar surface area (TPSA) is 16.4 Å². The maximum absolute atomic E-state index is 6.47. The number of rotatable bonds is 5. The van der Waals surface area contributed by atoms with Gasteiger partial charge in [-0.25, -0.2) is 0 Å². The molecule has 10 rings (SSSR count).